The SMILES string of the molecule is CC(C)Oc1ccc(/C=C2/SC(=S)NC2=O)cc1Br. The zero-order valence-corrected chi connectivity index (χ0v) is 13.6. The molecule has 3 nitrogen and oxygen atoms in total. The second kappa shape index (κ2) is 6.07. The van der Waals surface area contributed by atoms with Crippen LogP contribution in [0.4, 0.5) is 0 Å². The van der Waals surface area contributed by atoms with Crippen LogP contribution in [0.1, 0.15) is 19.4 Å². The van der Waals surface area contributed by atoms with Gasteiger partial charge in [0.2, 0.25) is 0 Å². The van der Waals surface area contributed by atoms with Gasteiger partial charge in [-0.1, -0.05) is 30.0 Å². The first-order valence-corrected chi connectivity index (χ1v) is 7.68. The zero-order valence-electron chi connectivity index (χ0n) is 10.4. The normalized spacial score (nSPS) is 17.2. The lowest BCUT2D eigenvalue weighted by Gasteiger charge is -2.11. The second-order valence-corrected chi connectivity index (χ2v) is 6.78. The summed E-state index contributed by atoms with van der Waals surface area (Å²) in [7, 11) is 0. The Balaban J connectivity index is 2.23. The first-order chi connectivity index (χ1) is 8.95. The van der Waals surface area contributed by atoms with Gasteiger partial charge in [-0.2, -0.15) is 0 Å². The fraction of sp³-hybridized carbons (Fsp3) is 0.231. The summed E-state index contributed by atoms with van der Waals surface area (Å²) in [5.74, 6) is 0.643. The summed E-state index contributed by atoms with van der Waals surface area (Å²) in [6.07, 6.45) is 1.93. The minimum atomic E-state index is -0.145. The number of carbonyl (C=O) groups excluding carboxylic acids is 1. The molecule has 1 aromatic carbocycles. The molecular formula is C13H12BrNO2S2. The number of amides is 1. The van der Waals surface area contributed by atoms with Crippen molar-refractivity contribution in [2.75, 3.05) is 0 Å². The highest BCUT2D eigenvalue weighted by molar-refractivity contribution is 9.10. The van der Waals surface area contributed by atoms with Crippen LogP contribution >= 0.6 is 39.9 Å². The molecule has 2 rings (SSSR count). The Morgan fingerprint density at radius 1 is 1.47 bits per heavy atom. The summed E-state index contributed by atoms with van der Waals surface area (Å²) in [6.45, 7) is 3.95. The molecule has 6 heteroatoms. The molecule has 0 bridgehead atoms. The van der Waals surface area contributed by atoms with Crippen LogP contribution in [0.3, 0.4) is 0 Å². The van der Waals surface area contributed by atoms with Gasteiger partial charge in [0.1, 0.15) is 10.1 Å². The standard InChI is InChI=1S/C13H12BrNO2S2/c1-7(2)17-10-4-3-8(5-9(10)14)6-11-12(16)15-13(18)19-11/h3-7H,1-2H3,(H,15,16,18)/b11-6+. The third-order valence-corrected chi connectivity index (χ3v) is 4.04. The van der Waals surface area contributed by atoms with E-state index in [-0.39, 0.29) is 12.0 Å². The molecule has 1 heterocycles. The number of rotatable bonds is 3. The summed E-state index contributed by atoms with van der Waals surface area (Å²) in [5, 5.41) is 2.59. The molecule has 100 valence electrons. The zero-order chi connectivity index (χ0) is 14.0. The predicted octanol–water partition coefficient (Wildman–Crippen LogP) is 3.73. The Labute approximate surface area is 129 Å². The average molecular weight is 358 g/mol. The van der Waals surface area contributed by atoms with Crippen LogP contribution in [0.2, 0.25) is 0 Å². The Hall–Kier alpha value is -0.850. The summed E-state index contributed by atoms with van der Waals surface area (Å²) < 4.78 is 6.99. The number of halogens is 1. The highest BCUT2D eigenvalue weighted by atomic mass is 79.9. The molecule has 1 aromatic rings. The Kier molecular flexibility index (Phi) is 4.65. The minimum absolute atomic E-state index is 0.119. The maximum atomic E-state index is 11.6. The lowest BCUT2D eigenvalue weighted by molar-refractivity contribution is -0.115. The number of carbonyl (C=O) groups is 1. The van der Waals surface area contributed by atoms with Gasteiger partial charge in [0, 0.05) is 0 Å². The van der Waals surface area contributed by atoms with Crippen molar-refractivity contribution in [1.29, 1.82) is 0 Å². The number of nitrogens with one attached hydrogen (secondary N) is 1. The molecule has 0 aliphatic carbocycles. The topological polar surface area (TPSA) is 38.3 Å². The summed E-state index contributed by atoms with van der Waals surface area (Å²) >= 11 is 9.68. The molecule has 0 radical (unpaired) electrons. The quantitative estimate of drug-likeness (QED) is 0.660. The molecule has 0 aromatic heterocycles. The van der Waals surface area contributed by atoms with Crippen molar-refractivity contribution in [1.82, 2.24) is 5.32 Å². The van der Waals surface area contributed by atoms with Gasteiger partial charge in [-0.05, 0) is 53.5 Å². The molecule has 1 N–H and O–H groups in total. The molecule has 0 saturated carbocycles. The van der Waals surface area contributed by atoms with Gasteiger partial charge in [-0.3, -0.25) is 4.79 Å². The van der Waals surface area contributed by atoms with Crippen LogP contribution in [-0.2, 0) is 4.79 Å². The van der Waals surface area contributed by atoms with Crippen LogP contribution < -0.4 is 10.1 Å². The van der Waals surface area contributed by atoms with Gasteiger partial charge in [-0.25, -0.2) is 0 Å². The monoisotopic (exact) mass is 357 g/mol. The number of thioether (sulfide) groups is 1. The van der Waals surface area contributed by atoms with Gasteiger partial charge in [0.05, 0.1) is 15.5 Å². The first kappa shape index (κ1) is 14.6. The predicted molar refractivity (Wildman–Crippen MR) is 86.2 cm³/mol. The number of hydrogen-bond acceptors (Lipinski definition) is 4. The first-order valence-electron chi connectivity index (χ1n) is 5.67. The number of benzene rings is 1. The van der Waals surface area contributed by atoms with Gasteiger partial charge in [-0.15, -0.1) is 0 Å². The maximum absolute atomic E-state index is 11.6. The van der Waals surface area contributed by atoms with E-state index >= 15 is 0 Å². The molecule has 1 aliphatic heterocycles. The lowest BCUT2D eigenvalue weighted by atomic mass is 10.2. The molecule has 0 spiro atoms. The van der Waals surface area contributed by atoms with E-state index in [1.807, 2.05) is 38.1 Å². The van der Waals surface area contributed by atoms with E-state index in [1.54, 1.807) is 0 Å². The van der Waals surface area contributed by atoms with E-state index in [9.17, 15) is 4.79 Å². The fourth-order valence-electron chi connectivity index (χ4n) is 1.53. The highest BCUT2D eigenvalue weighted by Crippen LogP contribution is 2.30. The third-order valence-electron chi connectivity index (χ3n) is 2.26. The maximum Gasteiger partial charge on any atom is 0.263 e. The molecule has 19 heavy (non-hydrogen) atoms. The van der Waals surface area contributed by atoms with E-state index in [4.69, 9.17) is 17.0 Å². The Bertz CT molecular complexity index is 570. The number of thiocarbonyl (C=S) groups is 1. The van der Waals surface area contributed by atoms with Crippen LogP contribution in [0.5, 0.6) is 5.75 Å². The van der Waals surface area contributed by atoms with Gasteiger partial charge < -0.3 is 10.1 Å². The van der Waals surface area contributed by atoms with Crippen molar-refractivity contribution >= 4 is 56.2 Å². The molecule has 0 unspecified atom stereocenters. The highest BCUT2D eigenvalue weighted by Gasteiger charge is 2.21. The second-order valence-electron chi connectivity index (χ2n) is 4.21. The fourth-order valence-corrected chi connectivity index (χ4v) is 3.06. The Morgan fingerprint density at radius 3 is 2.74 bits per heavy atom. The van der Waals surface area contributed by atoms with Crippen molar-refractivity contribution in [3.05, 3.63) is 33.1 Å². The molecule has 1 amide bonds. The van der Waals surface area contributed by atoms with E-state index < -0.39 is 0 Å². The molecule has 1 saturated heterocycles. The van der Waals surface area contributed by atoms with Crippen molar-refractivity contribution < 1.29 is 9.53 Å². The molecule has 1 aliphatic rings. The molecule has 0 atom stereocenters. The largest absolute Gasteiger partial charge is 0.490 e. The average Bonchev–Trinajstić information content (AvgIpc) is 2.61. The minimum Gasteiger partial charge on any atom is -0.490 e. The van der Waals surface area contributed by atoms with Gasteiger partial charge >= 0.3 is 0 Å². The van der Waals surface area contributed by atoms with E-state index in [0.29, 0.717) is 9.23 Å². The van der Waals surface area contributed by atoms with Crippen molar-refractivity contribution in [2.45, 2.75) is 20.0 Å². The summed E-state index contributed by atoms with van der Waals surface area (Å²) in [6, 6.07) is 5.71. The van der Waals surface area contributed by atoms with Crippen molar-refractivity contribution in [3.8, 4) is 5.75 Å². The van der Waals surface area contributed by atoms with Crippen LogP contribution in [-0.4, -0.2) is 16.3 Å². The third kappa shape index (κ3) is 3.81. The smallest absolute Gasteiger partial charge is 0.263 e. The van der Waals surface area contributed by atoms with Crippen LogP contribution in [0, 0.1) is 0 Å². The van der Waals surface area contributed by atoms with Crippen molar-refractivity contribution in [3.63, 3.8) is 0 Å². The van der Waals surface area contributed by atoms with E-state index in [1.165, 1.54) is 11.8 Å². The van der Waals surface area contributed by atoms with Crippen molar-refractivity contribution in [2.24, 2.45) is 0 Å². The van der Waals surface area contributed by atoms with Crippen LogP contribution in [0.15, 0.2) is 27.6 Å². The Morgan fingerprint density at radius 2 is 2.21 bits per heavy atom. The summed E-state index contributed by atoms with van der Waals surface area (Å²) in [4.78, 5) is 12.2. The molecular weight excluding hydrogens is 346 g/mol. The molecule has 1 fully saturated rings. The number of hydrogen-bond donors (Lipinski definition) is 1. The van der Waals surface area contributed by atoms with E-state index in [2.05, 4.69) is 21.2 Å². The van der Waals surface area contributed by atoms with Gasteiger partial charge in [0.15, 0.2) is 0 Å². The van der Waals surface area contributed by atoms with Crippen LogP contribution in [0.25, 0.3) is 6.08 Å². The lowest BCUT2D eigenvalue weighted by Crippen LogP contribution is -2.17. The van der Waals surface area contributed by atoms with E-state index in [0.717, 1.165) is 15.8 Å². The summed E-state index contributed by atoms with van der Waals surface area (Å²) in [5.41, 5.74) is 0.922. The van der Waals surface area contributed by atoms with Gasteiger partial charge in [0.25, 0.3) is 5.91 Å². The number of ether oxygens (including phenoxy) is 1.